The molecule has 0 saturated heterocycles. The van der Waals surface area contributed by atoms with E-state index < -0.39 is 5.97 Å². The Balaban J connectivity index is 2.03. The van der Waals surface area contributed by atoms with Gasteiger partial charge in [-0.05, 0) is 64.3 Å². The minimum Gasteiger partial charge on any atom is -0.426 e. The fraction of sp³-hybridized carbons (Fsp3) is 0.238. The average Bonchev–Trinajstić information content (AvgIpc) is 2.68. The van der Waals surface area contributed by atoms with Crippen LogP contribution in [0.1, 0.15) is 38.1 Å². The Morgan fingerprint density at radius 1 is 1.24 bits per heavy atom. The van der Waals surface area contributed by atoms with Crippen LogP contribution < -0.4 is 10.3 Å². The SMILES string of the molecule is CCCCc1nc2ccc(Br)cc2c(=O)n1N=Cc1ccc(OC(C)=O)c(Br)c1. The Morgan fingerprint density at radius 3 is 2.72 bits per heavy atom. The molecule has 0 radical (unpaired) electrons. The van der Waals surface area contributed by atoms with Gasteiger partial charge in [0.1, 0.15) is 11.6 Å². The summed E-state index contributed by atoms with van der Waals surface area (Å²) in [5.74, 6) is 0.652. The first-order valence-electron chi connectivity index (χ1n) is 9.12. The van der Waals surface area contributed by atoms with Crippen molar-refractivity contribution in [2.75, 3.05) is 0 Å². The topological polar surface area (TPSA) is 73.6 Å². The summed E-state index contributed by atoms with van der Waals surface area (Å²) in [5, 5.41) is 4.92. The first-order valence-corrected chi connectivity index (χ1v) is 10.7. The molecular formula is C21H19Br2N3O3. The van der Waals surface area contributed by atoms with Gasteiger partial charge in [0.15, 0.2) is 0 Å². The highest BCUT2D eigenvalue weighted by Gasteiger charge is 2.11. The highest BCUT2D eigenvalue weighted by molar-refractivity contribution is 9.10. The maximum atomic E-state index is 13.0. The second-order valence-electron chi connectivity index (χ2n) is 6.44. The lowest BCUT2D eigenvalue weighted by Crippen LogP contribution is -2.22. The number of nitrogens with zero attached hydrogens (tertiary/aromatic N) is 3. The van der Waals surface area contributed by atoms with E-state index in [-0.39, 0.29) is 5.56 Å². The number of esters is 1. The predicted molar refractivity (Wildman–Crippen MR) is 121 cm³/mol. The zero-order chi connectivity index (χ0) is 21.0. The van der Waals surface area contributed by atoms with Gasteiger partial charge in [-0.1, -0.05) is 29.3 Å². The molecule has 6 nitrogen and oxygen atoms in total. The number of halogens is 2. The molecule has 1 heterocycles. The zero-order valence-corrected chi connectivity index (χ0v) is 19.2. The van der Waals surface area contributed by atoms with E-state index in [1.54, 1.807) is 30.5 Å². The number of ether oxygens (including phenoxy) is 1. The molecule has 150 valence electrons. The molecule has 3 aromatic rings. The number of carbonyl (C=O) groups excluding carboxylic acids is 1. The molecular weight excluding hydrogens is 502 g/mol. The summed E-state index contributed by atoms with van der Waals surface area (Å²) < 4.78 is 7.90. The molecule has 0 N–H and O–H groups in total. The van der Waals surface area contributed by atoms with Crippen LogP contribution >= 0.6 is 31.9 Å². The van der Waals surface area contributed by atoms with E-state index in [2.05, 4.69) is 48.9 Å². The first-order chi connectivity index (χ1) is 13.9. The van der Waals surface area contributed by atoms with Crippen molar-refractivity contribution in [3.63, 3.8) is 0 Å². The van der Waals surface area contributed by atoms with Crippen LogP contribution in [0, 0.1) is 0 Å². The molecule has 0 fully saturated rings. The molecule has 0 aliphatic rings. The van der Waals surface area contributed by atoms with E-state index in [4.69, 9.17) is 4.74 Å². The fourth-order valence-electron chi connectivity index (χ4n) is 2.77. The first kappa shape index (κ1) is 21.4. The molecule has 1 aromatic heterocycles. The fourth-order valence-corrected chi connectivity index (χ4v) is 3.61. The van der Waals surface area contributed by atoms with Crippen LogP contribution in [0.2, 0.25) is 0 Å². The van der Waals surface area contributed by atoms with Gasteiger partial charge < -0.3 is 4.74 Å². The number of carbonyl (C=O) groups is 1. The van der Waals surface area contributed by atoms with E-state index in [9.17, 15) is 9.59 Å². The summed E-state index contributed by atoms with van der Waals surface area (Å²) in [7, 11) is 0. The number of fused-ring (bicyclic) bond motifs is 1. The minimum atomic E-state index is -0.396. The van der Waals surface area contributed by atoms with Crippen LogP contribution in [0.5, 0.6) is 5.75 Å². The molecule has 0 aliphatic carbocycles. The Hall–Kier alpha value is -2.32. The van der Waals surface area contributed by atoms with Crippen LogP contribution in [0.15, 0.2) is 55.2 Å². The van der Waals surface area contributed by atoms with Crippen LogP contribution in [-0.2, 0) is 11.2 Å². The summed E-state index contributed by atoms with van der Waals surface area (Å²) in [6.45, 7) is 3.43. The lowest BCUT2D eigenvalue weighted by molar-refractivity contribution is -0.131. The van der Waals surface area contributed by atoms with Crippen LogP contribution in [0.4, 0.5) is 0 Å². The number of hydrogen-bond donors (Lipinski definition) is 0. The lowest BCUT2D eigenvalue weighted by Gasteiger charge is -2.09. The summed E-state index contributed by atoms with van der Waals surface area (Å²) in [6.07, 6.45) is 4.14. The number of unbranched alkanes of at least 4 members (excludes halogenated alkanes) is 1. The standard InChI is InChI=1S/C21H19Br2N3O3/c1-3-4-5-20-25-18-8-7-15(22)11-16(18)21(28)26(20)24-12-14-6-9-19(17(23)10-14)29-13(2)27/h6-12H,3-5H2,1-2H3. The normalized spacial score (nSPS) is 11.3. The summed E-state index contributed by atoms with van der Waals surface area (Å²) in [6, 6.07) is 10.6. The van der Waals surface area contributed by atoms with E-state index in [1.165, 1.54) is 11.6 Å². The van der Waals surface area contributed by atoms with E-state index >= 15 is 0 Å². The summed E-state index contributed by atoms with van der Waals surface area (Å²) in [5.41, 5.74) is 1.19. The summed E-state index contributed by atoms with van der Waals surface area (Å²) >= 11 is 6.78. The van der Waals surface area contributed by atoms with Gasteiger partial charge >= 0.3 is 5.97 Å². The third-order valence-corrected chi connectivity index (χ3v) is 5.27. The van der Waals surface area contributed by atoms with Crippen molar-refractivity contribution in [2.45, 2.75) is 33.1 Å². The summed E-state index contributed by atoms with van der Waals surface area (Å²) in [4.78, 5) is 28.8. The maximum absolute atomic E-state index is 13.0. The van der Waals surface area contributed by atoms with Crippen molar-refractivity contribution in [3.8, 4) is 5.75 Å². The number of hydrogen-bond acceptors (Lipinski definition) is 5. The van der Waals surface area contributed by atoms with Crippen molar-refractivity contribution in [1.82, 2.24) is 9.66 Å². The molecule has 8 heteroatoms. The molecule has 0 saturated carbocycles. The largest absolute Gasteiger partial charge is 0.426 e. The average molecular weight is 521 g/mol. The van der Waals surface area contributed by atoms with Crippen molar-refractivity contribution >= 4 is 54.9 Å². The third kappa shape index (κ3) is 5.19. The molecule has 0 aliphatic heterocycles. The Morgan fingerprint density at radius 2 is 2.03 bits per heavy atom. The van der Waals surface area contributed by atoms with Crippen LogP contribution in [0.3, 0.4) is 0 Å². The van der Waals surface area contributed by atoms with Gasteiger partial charge in [0.05, 0.1) is 21.6 Å². The van der Waals surface area contributed by atoms with Gasteiger partial charge in [-0.3, -0.25) is 9.59 Å². The zero-order valence-electron chi connectivity index (χ0n) is 16.0. The van der Waals surface area contributed by atoms with Crippen LogP contribution in [0.25, 0.3) is 10.9 Å². The molecule has 0 atom stereocenters. The van der Waals surface area contributed by atoms with Gasteiger partial charge in [-0.2, -0.15) is 9.78 Å². The predicted octanol–water partition coefficient (Wildman–Crippen LogP) is 5.07. The van der Waals surface area contributed by atoms with Crippen molar-refractivity contribution in [3.05, 3.63) is 67.1 Å². The molecule has 2 aromatic carbocycles. The van der Waals surface area contributed by atoms with Crippen molar-refractivity contribution in [1.29, 1.82) is 0 Å². The van der Waals surface area contributed by atoms with Gasteiger partial charge in [0, 0.05) is 17.8 Å². The Bertz CT molecular complexity index is 1160. The number of rotatable bonds is 6. The highest BCUT2D eigenvalue weighted by atomic mass is 79.9. The maximum Gasteiger partial charge on any atom is 0.308 e. The number of aromatic nitrogens is 2. The van der Waals surface area contributed by atoms with Crippen molar-refractivity contribution < 1.29 is 9.53 Å². The lowest BCUT2D eigenvalue weighted by atomic mass is 10.2. The van der Waals surface area contributed by atoms with E-state index in [0.29, 0.717) is 33.4 Å². The smallest absolute Gasteiger partial charge is 0.308 e. The highest BCUT2D eigenvalue weighted by Crippen LogP contribution is 2.25. The molecule has 0 amide bonds. The monoisotopic (exact) mass is 519 g/mol. The molecule has 0 bridgehead atoms. The van der Waals surface area contributed by atoms with Crippen LogP contribution in [-0.4, -0.2) is 21.8 Å². The van der Waals surface area contributed by atoms with Gasteiger partial charge in [-0.15, -0.1) is 0 Å². The number of benzene rings is 2. The molecule has 29 heavy (non-hydrogen) atoms. The molecule has 3 rings (SSSR count). The Labute approximate surface area is 184 Å². The van der Waals surface area contributed by atoms with Crippen molar-refractivity contribution in [2.24, 2.45) is 5.10 Å². The van der Waals surface area contributed by atoms with Gasteiger partial charge in [0.2, 0.25) is 0 Å². The van der Waals surface area contributed by atoms with E-state index in [0.717, 1.165) is 22.9 Å². The minimum absolute atomic E-state index is 0.214. The van der Waals surface area contributed by atoms with Gasteiger partial charge in [0.25, 0.3) is 5.56 Å². The molecule has 0 unspecified atom stereocenters. The second-order valence-corrected chi connectivity index (χ2v) is 8.21. The third-order valence-electron chi connectivity index (χ3n) is 4.16. The quantitative estimate of drug-likeness (QED) is 0.258. The van der Waals surface area contributed by atoms with E-state index in [1.807, 2.05) is 12.1 Å². The number of aryl methyl sites for hydroxylation is 1. The van der Waals surface area contributed by atoms with Gasteiger partial charge in [-0.25, -0.2) is 4.98 Å². The second kappa shape index (κ2) is 9.45. The molecule has 0 spiro atoms. The Kier molecular flexibility index (Phi) is 6.97.